The summed E-state index contributed by atoms with van der Waals surface area (Å²) >= 11 is 0. The quantitative estimate of drug-likeness (QED) is 0.942. The summed E-state index contributed by atoms with van der Waals surface area (Å²) in [5.74, 6) is 1.15. The Morgan fingerprint density at radius 2 is 1.95 bits per heavy atom. The maximum Gasteiger partial charge on any atom is 0.251 e. The highest BCUT2D eigenvalue weighted by Crippen LogP contribution is 2.19. The van der Waals surface area contributed by atoms with Gasteiger partial charge >= 0.3 is 0 Å². The van der Waals surface area contributed by atoms with Crippen molar-refractivity contribution < 1.29 is 9.32 Å². The van der Waals surface area contributed by atoms with Crippen LogP contribution < -0.4 is 5.32 Å². The van der Waals surface area contributed by atoms with Crippen LogP contribution >= 0.6 is 0 Å². The monoisotopic (exact) mass is 301 g/mol. The van der Waals surface area contributed by atoms with E-state index in [1.54, 1.807) is 0 Å². The Morgan fingerprint density at radius 1 is 1.23 bits per heavy atom. The van der Waals surface area contributed by atoms with E-state index in [0.29, 0.717) is 30.2 Å². The Kier molecular flexibility index (Phi) is 4.64. The highest BCUT2D eigenvalue weighted by molar-refractivity contribution is 5.94. The zero-order chi connectivity index (χ0) is 16.3. The molecule has 1 aromatic heterocycles. The van der Waals surface area contributed by atoms with Crippen molar-refractivity contribution in [2.75, 3.05) is 6.54 Å². The lowest BCUT2D eigenvalue weighted by Crippen LogP contribution is -2.26. The number of benzene rings is 1. The molecular formula is C17H23N3O2. The van der Waals surface area contributed by atoms with Crippen molar-refractivity contribution >= 4 is 5.91 Å². The van der Waals surface area contributed by atoms with Gasteiger partial charge < -0.3 is 9.84 Å². The Bertz CT molecular complexity index is 669. The van der Waals surface area contributed by atoms with Gasteiger partial charge in [0, 0.05) is 23.9 Å². The molecule has 118 valence electrons. The molecule has 0 saturated heterocycles. The number of nitrogens with one attached hydrogen (secondary N) is 1. The highest BCUT2D eigenvalue weighted by atomic mass is 16.5. The summed E-state index contributed by atoms with van der Waals surface area (Å²) in [6, 6.07) is 5.69. The molecule has 5 heteroatoms. The van der Waals surface area contributed by atoms with Gasteiger partial charge in [-0.25, -0.2) is 0 Å². The smallest absolute Gasteiger partial charge is 0.251 e. The molecule has 0 aliphatic rings. The third-order valence-corrected chi connectivity index (χ3v) is 3.51. The molecule has 0 radical (unpaired) electrons. The number of aromatic nitrogens is 2. The van der Waals surface area contributed by atoms with Gasteiger partial charge in [0.15, 0.2) is 5.82 Å². The summed E-state index contributed by atoms with van der Waals surface area (Å²) in [4.78, 5) is 16.4. The average molecular weight is 301 g/mol. The Labute approximate surface area is 131 Å². The number of carbonyl (C=O) groups is 1. The van der Waals surface area contributed by atoms with Crippen LogP contribution in [0.2, 0.25) is 0 Å². The molecule has 2 aromatic rings. The maximum atomic E-state index is 12.1. The number of rotatable bonds is 4. The molecule has 1 aromatic carbocycles. The van der Waals surface area contributed by atoms with Crippen molar-refractivity contribution in [3.05, 3.63) is 46.6 Å². The number of amides is 1. The predicted octanol–water partition coefficient (Wildman–Crippen LogP) is 2.96. The van der Waals surface area contributed by atoms with Gasteiger partial charge in [0.2, 0.25) is 5.89 Å². The van der Waals surface area contributed by atoms with Gasteiger partial charge in [-0.15, -0.1) is 0 Å². The SMILES string of the molecule is Cc1ccc(C(=O)NCCc2noc(C(C)(C)C)n2)cc1C. The first-order valence-electron chi connectivity index (χ1n) is 7.46. The first kappa shape index (κ1) is 16.2. The second-order valence-corrected chi connectivity index (χ2v) is 6.57. The minimum absolute atomic E-state index is 0.0809. The van der Waals surface area contributed by atoms with E-state index >= 15 is 0 Å². The van der Waals surface area contributed by atoms with Crippen LogP contribution in [-0.4, -0.2) is 22.6 Å². The van der Waals surface area contributed by atoms with Crippen molar-refractivity contribution in [3.63, 3.8) is 0 Å². The summed E-state index contributed by atoms with van der Waals surface area (Å²) in [7, 11) is 0. The molecule has 2 rings (SSSR count). The summed E-state index contributed by atoms with van der Waals surface area (Å²) in [5.41, 5.74) is 2.80. The van der Waals surface area contributed by atoms with Crippen LogP contribution in [0, 0.1) is 13.8 Å². The summed E-state index contributed by atoms with van der Waals surface area (Å²) in [6.07, 6.45) is 0.552. The first-order chi connectivity index (χ1) is 10.3. The number of aryl methyl sites for hydroxylation is 2. The van der Waals surface area contributed by atoms with Crippen molar-refractivity contribution in [3.8, 4) is 0 Å². The van der Waals surface area contributed by atoms with Crippen LogP contribution in [0.4, 0.5) is 0 Å². The standard InChI is InChI=1S/C17H23N3O2/c1-11-6-7-13(10-12(11)2)15(21)18-9-8-14-19-16(22-20-14)17(3,4)5/h6-7,10H,8-9H2,1-5H3,(H,18,21). The van der Waals surface area contributed by atoms with Crippen LogP contribution in [0.1, 0.15) is 54.0 Å². The molecule has 0 saturated carbocycles. The van der Waals surface area contributed by atoms with Gasteiger partial charge in [0.25, 0.3) is 5.91 Å². The van der Waals surface area contributed by atoms with Gasteiger partial charge in [0.1, 0.15) is 0 Å². The van der Waals surface area contributed by atoms with E-state index in [2.05, 4.69) is 15.5 Å². The number of nitrogens with zero attached hydrogens (tertiary/aromatic N) is 2. The molecule has 0 atom stereocenters. The second kappa shape index (κ2) is 6.30. The summed E-state index contributed by atoms with van der Waals surface area (Å²) < 4.78 is 5.23. The fraction of sp³-hybridized carbons (Fsp3) is 0.471. The van der Waals surface area contributed by atoms with Crippen LogP contribution in [0.25, 0.3) is 0 Å². The molecule has 0 bridgehead atoms. The van der Waals surface area contributed by atoms with Crippen molar-refractivity contribution in [1.82, 2.24) is 15.5 Å². The lowest BCUT2D eigenvalue weighted by Gasteiger charge is -2.10. The number of hydrogen-bond acceptors (Lipinski definition) is 4. The summed E-state index contributed by atoms with van der Waals surface area (Å²) in [6.45, 7) is 10.6. The van der Waals surface area contributed by atoms with Crippen LogP contribution in [-0.2, 0) is 11.8 Å². The van der Waals surface area contributed by atoms with E-state index in [1.807, 2.05) is 52.8 Å². The molecule has 22 heavy (non-hydrogen) atoms. The van der Waals surface area contributed by atoms with Crippen LogP contribution in [0.15, 0.2) is 22.7 Å². The van der Waals surface area contributed by atoms with Crippen LogP contribution in [0.5, 0.6) is 0 Å². The molecule has 1 N–H and O–H groups in total. The topological polar surface area (TPSA) is 68.0 Å². The lowest BCUT2D eigenvalue weighted by atomic mass is 9.97. The van der Waals surface area contributed by atoms with Gasteiger partial charge in [-0.05, 0) is 37.1 Å². The molecule has 5 nitrogen and oxygen atoms in total. The second-order valence-electron chi connectivity index (χ2n) is 6.57. The molecule has 1 amide bonds. The third-order valence-electron chi connectivity index (χ3n) is 3.51. The Balaban J connectivity index is 1.89. The zero-order valence-corrected chi connectivity index (χ0v) is 13.9. The van der Waals surface area contributed by atoms with E-state index in [0.717, 1.165) is 5.56 Å². The minimum atomic E-state index is -0.159. The van der Waals surface area contributed by atoms with Crippen LogP contribution in [0.3, 0.4) is 0 Å². The molecule has 0 spiro atoms. The zero-order valence-electron chi connectivity index (χ0n) is 13.9. The predicted molar refractivity (Wildman–Crippen MR) is 85.0 cm³/mol. The highest BCUT2D eigenvalue weighted by Gasteiger charge is 2.21. The van der Waals surface area contributed by atoms with Gasteiger partial charge in [-0.3, -0.25) is 4.79 Å². The van der Waals surface area contributed by atoms with Crippen molar-refractivity contribution in [2.45, 2.75) is 46.5 Å². The number of hydrogen-bond donors (Lipinski definition) is 1. The van der Waals surface area contributed by atoms with Gasteiger partial charge in [-0.1, -0.05) is 32.0 Å². The molecule has 1 heterocycles. The van der Waals surface area contributed by atoms with E-state index in [4.69, 9.17) is 4.52 Å². The van der Waals surface area contributed by atoms with E-state index < -0.39 is 0 Å². The Morgan fingerprint density at radius 3 is 2.55 bits per heavy atom. The molecule has 0 aliphatic carbocycles. The Hall–Kier alpha value is -2.17. The molecule has 0 fully saturated rings. The fourth-order valence-electron chi connectivity index (χ4n) is 1.93. The van der Waals surface area contributed by atoms with E-state index in [1.165, 1.54) is 5.56 Å². The first-order valence-corrected chi connectivity index (χ1v) is 7.46. The van der Waals surface area contributed by atoms with Gasteiger partial charge in [-0.2, -0.15) is 4.98 Å². The summed E-state index contributed by atoms with van der Waals surface area (Å²) in [5, 5.41) is 6.82. The normalized spacial score (nSPS) is 11.5. The molecule has 0 aliphatic heterocycles. The molecule has 0 unspecified atom stereocenters. The maximum absolute atomic E-state index is 12.1. The average Bonchev–Trinajstić information content (AvgIpc) is 2.90. The third kappa shape index (κ3) is 3.93. The van der Waals surface area contributed by atoms with Gasteiger partial charge in [0.05, 0.1) is 0 Å². The molecular weight excluding hydrogens is 278 g/mol. The largest absolute Gasteiger partial charge is 0.352 e. The van der Waals surface area contributed by atoms with E-state index in [9.17, 15) is 4.79 Å². The van der Waals surface area contributed by atoms with E-state index in [-0.39, 0.29) is 11.3 Å². The van der Waals surface area contributed by atoms with Crippen molar-refractivity contribution in [2.24, 2.45) is 0 Å². The fourth-order valence-corrected chi connectivity index (χ4v) is 1.93. The minimum Gasteiger partial charge on any atom is -0.352 e. The number of carbonyl (C=O) groups excluding carboxylic acids is 1. The lowest BCUT2D eigenvalue weighted by molar-refractivity contribution is 0.0954. The van der Waals surface area contributed by atoms with Crippen molar-refractivity contribution in [1.29, 1.82) is 0 Å².